The van der Waals surface area contributed by atoms with E-state index in [9.17, 15) is 5.11 Å². The average molecular weight is 324 g/mol. The predicted octanol–water partition coefficient (Wildman–Crippen LogP) is 4.70. The minimum Gasteiger partial charge on any atom is -0.391 e. The lowest BCUT2D eigenvalue weighted by Crippen LogP contribution is -2.53. The van der Waals surface area contributed by atoms with Gasteiger partial charge in [-0.2, -0.15) is 0 Å². The molecule has 0 saturated heterocycles. The Labute approximate surface area is 144 Å². The lowest BCUT2D eigenvalue weighted by Gasteiger charge is -2.37. The number of rotatable bonds is 14. The lowest BCUT2D eigenvalue weighted by molar-refractivity contribution is -0.936. The number of aliphatic imine (C=N–C) groups is 1. The van der Waals surface area contributed by atoms with Gasteiger partial charge in [0.15, 0.2) is 6.17 Å². The van der Waals surface area contributed by atoms with Crippen LogP contribution in [0.4, 0.5) is 0 Å². The maximum absolute atomic E-state index is 9.32. The minimum absolute atomic E-state index is 0.266. The van der Waals surface area contributed by atoms with Gasteiger partial charge in [0, 0.05) is 6.42 Å². The molecule has 0 radical (unpaired) electrons. The van der Waals surface area contributed by atoms with Crippen LogP contribution in [0.5, 0.6) is 0 Å². The molecule has 0 bridgehead atoms. The van der Waals surface area contributed by atoms with Gasteiger partial charge in [0.25, 0.3) is 0 Å². The molecule has 0 aromatic carbocycles. The van der Waals surface area contributed by atoms with Crippen molar-refractivity contribution in [3.63, 3.8) is 0 Å². The Morgan fingerprint density at radius 1 is 1.04 bits per heavy atom. The van der Waals surface area contributed by atoms with Crippen molar-refractivity contribution in [3.05, 3.63) is 12.2 Å². The summed E-state index contributed by atoms with van der Waals surface area (Å²) < 4.78 is 0.947. The fourth-order valence-corrected chi connectivity index (χ4v) is 3.58. The normalized spacial score (nSPS) is 24.0. The number of aliphatic hydroxyl groups is 1. The molecule has 0 fully saturated rings. The molecule has 0 aliphatic carbocycles. The topological polar surface area (TPSA) is 32.6 Å². The Hall–Kier alpha value is -0.670. The number of nitrogens with zero attached hydrogens (tertiary/aromatic N) is 2. The zero-order chi connectivity index (χ0) is 16.8. The smallest absolute Gasteiger partial charge is 0.183 e. The first-order valence-corrected chi connectivity index (χ1v) is 9.92. The monoisotopic (exact) mass is 323 g/mol. The van der Waals surface area contributed by atoms with Crippen LogP contribution in [-0.2, 0) is 0 Å². The predicted molar refractivity (Wildman–Crippen MR) is 101 cm³/mol. The molecule has 2 atom stereocenters. The first kappa shape index (κ1) is 20.4. The highest BCUT2D eigenvalue weighted by molar-refractivity contribution is 5.60. The van der Waals surface area contributed by atoms with Crippen LogP contribution in [0.25, 0.3) is 0 Å². The molecule has 0 amide bonds. The van der Waals surface area contributed by atoms with Gasteiger partial charge >= 0.3 is 0 Å². The third-order valence-electron chi connectivity index (χ3n) is 5.26. The second-order valence-electron chi connectivity index (χ2n) is 6.94. The van der Waals surface area contributed by atoms with Gasteiger partial charge in [0.2, 0.25) is 0 Å². The van der Waals surface area contributed by atoms with E-state index in [-0.39, 0.29) is 6.61 Å². The maximum Gasteiger partial charge on any atom is 0.183 e. The van der Waals surface area contributed by atoms with Crippen LogP contribution in [0.15, 0.2) is 17.1 Å². The summed E-state index contributed by atoms with van der Waals surface area (Å²) in [5, 5.41) is 9.32. The van der Waals surface area contributed by atoms with Gasteiger partial charge in [-0.1, -0.05) is 57.6 Å². The molecule has 1 heterocycles. The Morgan fingerprint density at radius 2 is 1.74 bits per heavy atom. The van der Waals surface area contributed by atoms with Crippen molar-refractivity contribution < 1.29 is 9.59 Å². The van der Waals surface area contributed by atoms with Crippen LogP contribution in [0.2, 0.25) is 0 Å². The average Bonchev–Trinajstić information content (AvgIpc) is 2.96. The van der Waals surface area contributed by atoms with Crippen molar-refractivity contribution in [2.75, 3.05) is 26.2 Å². The summed E-state index contributed by atoms with van der Waals surface area (Å²) in [6, 6.07) is 0. The standard InChI is InChI=1S/C20H39N2O/c1-3-5-6-7-8-9-10-11-12-13-14-15-20-21-16-17-22(20,4-2)18-19-23/h12-13,16,20,23H,3-11,14-15,17-19H2,1-2H3/q+1/b13-12+. The fraction of sp³-hybridized carbons (Fsp3) is 0.850. The summed E-state index contributed by atoms with van der Waals surface area (Å²) in [5.74, 6) is 0. The minimum atomic E-state index is 0.266. The van der Waals surface area contributed by atoms with Crippen molar-refractivity contribution in [3.8, 4) is 0 Å². The van der Waals surface area contributed by atoms with Crippen molar-refractivity contribution in [1.29, 1.82) is 0 Å². The highest BCUT2D eigenvalue weighted by atomic mass is 16.3. The molecule has 3 nitrogen and oxygen atoms in total. The van der Waals surface area contributed by atoms with E-state index < -0.39 is 0 Å². The molecule has 0 aromatic heterocycles. The number of unbranched alkanes of at least 4 members (excludes halogenated alkanes) is 7. The van der Waals surface area contributed by atoms with Crippen LogP contribution in [0.3, 0.4) is 0 Å². The van der Waals surface area contributed by atoms with E-state index in [0.717, 1.165) is 37.0 Å². The van der Waals surface area contributed by atoms with Crippen LogP contribution in [0, 0.1) is 0 Å². The van der Waals surface area contributed by atoms with Crippen molar-refractivity contribution in [2.24, 2.45) is 4.99 Å². The highest BCUT2D eigenvalue weighted by Crippen LogP contribution is 2.23. The molecular formula is C20H39N2O+. The molecule has 1 aliphatic heterocycles. The molecule has 23 heavy (non-hydrogen) atoms. The summed E-state index contributed by atoms with van der Waals surface area (Å²) in [5.41, 5.74) is 0. The molecule has 0 saturated carbocycles. The van der Waals surface area contributed by atoms with Gasteiger partial charge < -0.3 is 5.11 Å². The summed E-state index contributed by atoms with van der Waals surface area (Å²) in [7, 11) is 0. The van der Waals surface area contributed by atoms with Crippen molar-refractivity contribution in [1.82, 2.24) is 0 Å². The molecule has 2 unspecified atom stereocenters. The van der Waals surface area contributed by atoms with E-state index in [0.29, 0.717) is 6.17 Å². The van der Waals surface area contributed by atoms with E-state index in [4.69, 9.17) is 0 Å². The molecule has 1 aliphatic rings. The van der Waals surface area contributed by atoms with E-state index in [1.165, 1.54) is 51.4 Å². The van der Waals surface area contributed by atoms with Crippen LogP contribution < -0.4 is 0 Å². The van der Waals surface area contributed by atoms with Gasteiger partial charge in [0.1, 0.15) is 13.1 Å². The molecule has 134 valence electrons. The van der Waals surface area contributed by atoms with E-state index in [1.54, 1.807) is 0 Å². The molecule has 3 heteroatoms. The van der Waals surface area contributed by atoms with Gasteiger partial charge in [-0.05, 0) is 26.2 Å². The summed E-state index contributed by atoms with van der Waals surface area (Å²) >= 11 is 0. The van der Waals surface area contributed by atoms with Crippen LogP contribution in [-0.4, -0.2) is 48.2 Å². The Morgan fingerprint density at radius 3 is 2.43 bits per heavy atom. The third-order valence-corrected chi connectivity index (χ3v) is 5.26. The molecular weight excluding hydrogens is 284 g/mol. The zero-order valence-electron chi connectivity index (χ0n) is 15.6. The quantitative estimate of drug-likeness (QED) is 0.280. The van der Waals surface area contributed by atoms with Gasteiger partial charge in [-0.15, -0.1) is 0 Å². The van der Waals surface area contributed by atoms with Gasteiger partial charge in [-0.3, -0.25) is 4.48 Å². The number of hydrogen-bond acceptors (Lipinski definition) is 2. The van der Waals surface area contributed by atoms with Crippen LogP contribution >= 0.6 is 0 Å². The Bertz CT molecular complexity index is 341. The van der Waals surface area contributed by atoms with Crippen molar-refractivity contribution >= 4 is 6.21 Å². The summed E-state index contributed by atoms with van der Waals surface area (Å²) in [4.78, 5) is 4.66. The highest BCUT2D eigenvalue weighted by Gasteiger charge is 2.36. The molecule has 1 rings (SSSR count). The molecule has 1 N–H and O–H groups in total. The number of hydrogen-bond donors (Lipinski definition) is 1. The third kappa shape index (κ3) is 7.63. The molecule has 0 spiro atoms. The van der Waals surface area contributed by atoms with Crippen molar-refractivity contribution in [2.45, 2.75) is 84.2 Å². The zero-order valence-corrected chi connectivity index (χ0v) is 15.6. The first-order chi connectivity index (χ1) is 11.3. The SMILES string of the molecule is CCCCCCCCC/C=C/CCC1N=CC[N+]1(CC)CCO. The van der Waals surface area contributed by atoms with E-state index >= 15 is 0 Å². The second-order valence-corrected chi connectivity index (χ2v) is 6.94. The maximum atomic E-state index is 9.32. The van der Waals surface area contributed by atoms with Gasteiger partial charge in [0.05, 0.1) is 19.4 Å². The number of likely N-dealkylation sites (N-methyl/N-ethyl adjacent to an activating group) is 1. The number of allylic oxidation sites excluding steroid dienone is 2. The van der Waals surface area contributed by atoms with Gasteiger partial charge in [-0.25, -0.2) is 4.99 Å². The fourth-order valence-electron chi connectivity index (χ4n) is 3.58. The second kappa shape index (κ2) is 12.7. The largest absolute Gasteiger partial charge is 0.391 e. The van der Waals surface area contributed by atoms with Crippen LogP contribution in [0.1, 0.15) is 78.1 Å². The first-order valence-electron chi connectivity index (χ1n) is 9.92. The number of aliphatic hydroxyl groups excluding tert-OH is 1. The molecule has 0 aromatic rings. The van der Waals surface area contributed by atoms with E-state index in [1.807, 2.05) is 0 Å². The summed E-state index contributed by atoms with van der Waals surface area (Å²) in [6.45, 7) is 7.64. The number of quaternary nitrogens is 1. The Kier molecular flexibility index (Phi) is 11.3. The van der Waals surface area contributed by atoms with E-state index in [2.05, 4.69) is 37.2 Å². The Balaban J connectivity index is 2.08. The summed E-state index contributed by atoms with van der Waals surface area (Å²) in [6.07, 6.45) is 20.3. The lowest BCUT2D eigenvalue weighted by atomic mass is 10.1.